The molecule has 6 N–H and O–H groups in total. The van der Waals surface area contributed by atoms with Crippen LogP contribution in [-0.4, -0.2) is 19.5 Å². The fourth-order valence-corrected chi connectivity index (χ4v) is 3.59. The first-order chi connectivity index (χ1) is 15.8. The second-order valence-corrected chi connectivity index (χ2v) is 8.13. The number of nitrogen functional groups attached to an aromatic ring is 3. The molecule has 3 aromatic rings. The number of nitrogens with two attached hydrogens (primary N) is 3. The first kappa shape index (κ1) is 23.8. The van der Waals surface area contributed by atoms with E-state index in [1.165, 1.54) is 12.8 Å². The monoisotopic (exact) mass is 465 g/mol. The van der Waals surface area contributed by atoms with Crippen LogP contribution in [0.5, 0.6) is 0 Å². The van der Waals surface area contributed by atoms with Crippen LogP contribution in [0.3, 0.4) is 0 Å². The van der Waals surface area contributed by atoms with Crippen LogP contribution < -0.4 is 22.8 Å². The van der Waals surface area contributed by atoms with Crippen LogP contribution in [-0.2, 0) is 13.0 Å². The molecule has 1 aliphatic rings. The Morgan fingerprint density at radius 2 is 1.79 bits per heavy atom. The molecule has 2 heterocycles. The molecule has 4 rings (SSSR count). The third kappa shape index (κ3) is 5.88. The van der Waals surface area contributed by atoms with Crippen molar-refractivity contribution in [2.45, 2.75) is 45.1 Å². The molecule has 1 aromatic carbocycles. The summed E-state index contributed by atoms with van der Waals surface area (Å²) < 4.78 is 1.77. The topological polar surface area (TPSA) is 186 Å². The summed E-state index contributed by atoms with van der Waals surface area (Å²) in [6.45, 7) is 0.608. The maximum atomic E-state index is 12.8. The molecule has 10 nitrogen and oxygen atoms in total. The smallest absolute Gasteiger partial charge is 0.262 e. The Kier molecular flexibility index (Phi) is 7.65. The molecule has 1 saturated carbocycles. The van der Waals surface area contributed by atoms with Crippen molar-refractivity contribution in [2.24, 2.45) is 5.92 Å². The Morgan fingerprint density at radius 3 is 2.39 bits per heavy atom. The average Bonchev–Trinajstić information content (AvgIpc) is 3.57. The number of anilines is 3. The lowest BCUT2D eigenvalue weighted by Crippen LogP contribution is -2.26. The summed E-state index contributed by atoms with van der Waals surface area (Å²) in [6.07, 6.45) is 5.43. The molecule has 0 saturated heterocycles. The average molecular weight is 466 g/mol. The molecule has 0 bridgehead atoms. The van der Waals surface area contributed by atoms with E-state index in [0.717, 1.165) is 25.1 Å². The molecule has 170 valence electrons. The molecule has 0 radical (unpaired) electrons. The summed E-state index contributed by atoms with van der Waals surface area (Å²) in [7, 11) is 0. The van der Waals surface area contributed by atoms with Crippen molar-refractivity contribution in [3.63, 3.8) is 0 Å². The molecule has 0 unspecified atom stereocenters. The number of halogens is 1. The van der Waals surface area contributed by atoms with Gasteiger partial charge in [0, 0.05) is 19.4 Å². The lowest BCUT2D eigenvalue weighted by atomic mass is 10.2. The molecule has 1 fully saturated rings. The van der Waals surface area contributed by atoms with E-state index in [2.05, 4.69) is 21.0 Å². The van der Waals surface area contributed by atoms with Crippen molar-refractivity contribution in [3.8, 4) is 12.1 Å². The summed E-state index contributed by atoms with van der Waals surface area (Å²) >= 11 is 6.19. The SMILES string of the molecule is N#CCCCCn1c(CC2CC2)nc2cccc(Cl)c2c1=O.N#Cc1c(N)nc(N)nc1N. The lowest BCUT2D eigenvalue weighted by Gasteiger charge is -2.13. The molecular formula is C22H24ClN9O. The van der Waals surface area contributed by atoms with E-state index < -0.39 is 0 Å². The maximum Gasteiger partial charge on any atom is 0.262 e. The number of benzene rings is 1. The predicted molar refractivity (Wildman–Crippen MR) is 127 cm³/mol. The number of fused-ring (bicyclic) bond motifs is 1. The minimum atomic E-state index is -0.0526. The molecule has 0 spiro atoms. The van der Waals surface area contributed by atoms with Crippen LogP contribution in [0.1, 0.15) is 43.5 Å². The fourth-order valence-electron chi connectivity index (χ4n) is 3.34. The van der Waals surface area contributed by atoms with Crippen LogP contribution in [0, 0.1) is 28.6 Å². The summed E-state index contributed by atoms with van der Waals surface area (Å²) in [6, 6.07) is 9.30. The number of nitriles is 2. The van der Waals surface area contributed by atoms with Crippen molar-refractivity contribution < 1.29 is 0 Å². The molecule has 2 aromatic heterocycles. The second-order valence-electron chi connectivity index (χ2n) is 7.72. The highest BCUT2D eigenvalue weighted by Crippen LogP contribution is 2.32. The molecule has 33 heavy (non-hydrogen) atoms. The number of hydrogen-bond acceptors (Lipinski definition) is 9. The normalized spacial score (nSPS) is 12.5. The van der Waals surface area contributed by atoms with Crippen molar-refractivity contribution in [2.75, 3.05) is 17.2 Å². The van der Waals surface area contributed by atoms with Crippen molar-refractivity contribution >= 4 is 40.1 Å². The van der Waals surface area contributed by atoms with Crippen molar-refractivity contribution in [1.82, 2.24) is 19.5 Å². The van der Waals surface area contributed by atoms with Gasteiger partial charge in [-0.3, -0.25) is 9.36 Å². The van der Waals surface area contributed by atoms with E-state index in [9.17, 15) is 4.79 Å². The third-order valence-corrected chi connectivity index (χ3v) is 5.51. The summed E-state index contributed by atoms with van der Waals surface area (Å²) in [5.74, 6) is 1.52. The first-order valence-corrected chi connectivity index (χ1v) is 10.9. The molecule has 0 atom stereocenters. The highest BCUT2D eigenvalue weighted by molar-refractivity contribution is 6.35. The van der Waals surface area contributed by atoms with E-state index >= 15 is 0 Å². The van der Waals surface area contributed by atoms with Gasteiger partial charge in [-0.05, 0) is 43.7 Å². The van der Waals surface area contributed by atoms with E-state index in [-0.39, 0.29) is 28.7 Å². The van der Waals surface area contributed by atoms with Crippen LogP contribution in [0.25, 0.3) is 10.9 Å². The number of hydrogen-bond donors (Lipinski definition) is 3. The van der Waals surface area contributed by atoms with E-state index in [4.69, 9.17) is 39.3 Å². The summed E-state index contributed by atoms with van der Waals surface area (Å²) in [4.78, 5) is 24.6. The van der Waals surface area contributed by atoms with Crippen LogP contribution >= 0.6 is 11.6 Å². The summed E-state index contributed by atoms with van der Waals surface area (Å²) in [5, 5.41) is 18.0. The van der Waals surface area contributed by atoms with Gasteiger partial charge in [-0.15, -0.1) is 0 Å². The van der Waals surface area contributed by atoms with Crippen LogP contribution in [0.2, 0.25) is 5.02 Å². The highest BCUT2D eigenvalue weighted by atomic mass is 35.5. The highest BCUT2D eigenvalue weighted by Gasteiger charge is 2.24. The minimum absolute atomic E-state index is 0.0116. The zero-order valence-electron chi connectivity index (χ0n) is 18.0. The molecular weight excluding hydrogens is 442 g/mol. The van der Waals surface area contributed by atoms with Gasteiger partial charge in [-0.1, -0.05) is 17.7 Å². The van der Waals surface area contributed by atoms with E-state index in [1.54, 1.807) is 16.7 Å². The summed E-state index contributed by atoms with van der Waals surface area (Å²) in [5.41, 5.74) is 16.5. The van der Waals surface area contributed by atoms with Crippen molar-refractivity contribution in [3.05, 3.63) is 45.0 Å². The zero-order chi connectivity index (χ0) is 24.0. The van der Waals surface area contributed by atoms with E-state index in [0.29, 0.717) is 34.8 Å². The second kappa shape index (κ2) is 10.6. The molecule has 1 aliphatic carbocycles. The van der Waals surface area contributed by atoms with Gasteiger partial charge in [0.05, 0.1) is 22.0 Å². The Bertz CT molecular complexity index is 1280. The van der Waals surface area contributed by atoms with Gasteiger partial charge in [0.15, 0.2) is 0 Å². The van der Waals surface area contributed by atoms with Gasteiger partial charge in [-0.2, -0.15) is 20.5 Å². The largest absolute Gasteiger partial charge is 0.382 e. The van der Waals surface area contributed by atoms with Crippen LogP contribution in [0.15, 0.2) is 23.0 Å². The van der Waals surface area contributed by atoms with Gasteiger partial charge >= 0.3 is 0 Å². The van der Waals surface area contributed by atoms with Gasteiger partial charge in [0.2, 0.25) is 5.95 Å². The Hall–Kier alpha value is -3.89. The Labute approximate surface area is 195 Å². The lowest BCUT2D eigenvalue weighted by molar-refractivity contribution is 0.556. The Balaban J connectivity index is 0.000000235. The van der Waals surface area contributed by atoms with Gasteiger partial charge in [-0.25, -0.2) is 4.98 Å². The van der Waals surface area contributed by atoms with Gasteiger partial charge in [0.25, 0.3) is 5.56 Å². The third-order valence-electron chi connectivity index (χ3n) is 5.19. The fraction of sp³-hybridized carbons (Fsp3) is 0.364. The Morgan fingerprint density at radius 1 is 1.09 bits per heavy atom. The zero-order valence-corrected chi connectivity index (χ0v) is 18.7. The minimum Gasteiger partial charge on any atom is -0.382 e. The van der Waals surface area contributed by atoms with Crippen molar-refractivity contribution in [1.29, 1.82) is 10.5 Å². The van der Waals surface area contributed by atoms with Crippen LogP contribution in [0.4, 0.5) is 17.6 Å². The maximum absolute atomic E-state index is 12.8. The van der Waals surface area contributed by atoms with E-state index in [1.807, 2.05) is 12.1 Å². The number of nitrogens with zero attached hydrogens (tertiary/aromatic N) is 6. The number of unbranched alkanes of at least 4 members (excludes halogenated alkanes) is 2. The molecule has 11 heteroatoms. The number of rotatable bonds is 6. The van der Waals surface area contributed by atoms with Gasteiger partial charge in [0.1, 0.15) is 29.1 Å². The van der Waals surface area contributed by atoms with Gasteiger partial charge < -0.3 is 17.2 Å². The standard InChI is InChI=1S/C17H18ClN3O.C5H6N6/c18-13-5-4-6-14-16(13)17(22)21(10-3-1-2-9-19)15(20-14)11-12-7-8-12;6-1-2-3(7)10-5(9)11-4(2)8/h4-6,12H,1-3,7-8,10-11H2;(H6,7,8,9,10,11). The predicted octanol–water partition coefficient (Wildman–Crippen LogP) is 2.79. The quantitative estimate of drug-likeness (QED) is 0.459. The number of aromatic nitrogens is 4. The molecule has 0 amide bonds. The molecule has 0 aliphatic heterocycles. The first-order valence-electron chi connectivity index (χ1n) is 10.5.